The third-order valence-corrected chi connectivity index (χ3v) is 6.55. The van der Waals surface area contributed by atoms with E-state index >= 15 is 0 Å². The average molecular weight is 333 g/mol. The van der Waals surface area contributed by atoms with Gasteiger partial charge in [-0.15, -0.1) is 0 Å². The molecule has 0 saturated carbocycles. The van der Waals surface area contributed by atoms with E-state index in [9.17, 15) is 13.2 Å². The zero-order chi connectivity index (χ0) is 16.8. The zero-order valence-corrected chi connectivity index (χ0v) is 14.6. The number of nitrogens with two attached hydrogens (primary N) is 1. The lowest BCUT2D eigenvalue weighted by molar-refractivity contribution is 0.00752. The summed E-state index contributed by atoms with van der Waals surface area (Å²) < 4.78 is 31.4. The molecule has 128 valence electrons. The molecule has 0 aliphatic carbocycles. The minimum absolute atomic E-state index is 0.00667. The predicted molar refractivity (Wildman–Crippen MR) is 83.9 cm³/mol. The van der Waals surface area contributed by atoms with Gasteiger partial charge in [0.1, 0.15) is 5.60 Å². The maximum absolute atomic E-state index is 12.2. The molecule has 22 heavy (non-hydrogen) atoms. The maximum atomic E-state index is 12.2. The molecule has 2 saturated heterocycles. The molecule has 2 fully saturated rings. The van der Waals surface area contributed by atoms with Crippen LogP contribution in [0.3, 0.4) is 0 Å². The highest BCUT2D eigenvalue weighted by Crippen LogP contribution is 2.39. The van der Waals surface area contributed by atoms with E-state index in [0.29, 0.717) is 32.5 Å². The molecule has 2 N–H and O–H groups in total. The number of ether oxygens (including phenoxy) is 1. The molecule has 1 atom stereocenters. The van der Waals surface area contributed by atoms with Gasteiger partial charge in [0.25, 0.3) is 0 Å². The van der Waals surface area contributed by atoms with Gasteiger partial charge in [-0.3, -0.25) is 0 Å². The van der Waals surface area contributed by atoms with Crippen molar-refractivity contribution < 1.29 is 17.9 Å². The number of hydrogen-bond donors (Lipinski definition) is 1. The highest BCUT2D eigenvalue weighted by molar-refractivity contribution is 7.89. The Morgan fingerprint density at radius 2 is 1.86 bits per heavy atom. The first-order chi connectivity index (χ1) is 10.0. The van der Waals surface area contributed by atoms with Crippen LogP contribution in [-0.4, -0.2) is 66.3 Å². The summed E-state index contributed by atoms with van der Waals surface area (Å²) in [6.07, 6.45) is 0.765. The fraction of sp³-hybridized carbons (Fsp3) is 0.929. The molecule has 0 aromatic rings. The lowest BCUT2D eigenvalue weighted by atomic mass is 9.81. The van der Waals surface area contributed by atoms with Crippen molar-refractivity contribution in [2.45, 2.75) is 57.7 Å². The summed E-state index contributed by atoms with van der Waals surface area (Å²) >= 11 is 0. The van der Waals surface area contributed by atoms with Crippen LogP contribution in [-0.2, 0) is 14.8 Å². The van der Waals surface area contributed by atoms with E-state index in [2.05, 4.69) is 0 Å². The summed E-state index contributed by atoms with van der Waals surface area (Å²) in [6, 6.07) is -0.404. The van der Waals surface area contributed by atoms with E-state index in [4.69, 9.17) is 10.5 Å². The van der Waals surface area contributed by atoms with Gasteiger partial charge < -0.3 is 15.4 Å². The number of carbonyl (C=O) groups is 1. The molecule has 1 amide bonds. The second-order valence-corrected chi connectivity index (χ2v) is 9.06. The summed E-state index contributed by atoms with van der Waals surface area (Å²) in [5.41, 5.74) is 5.07. The number of sulfonamides is 1. The van der Waals surface area contributed by atoms with Crippen molar-refractivity contribution in [2.24, 2.45) is 5.73 Å². The van der Waals surface area contributed by atoms with Crippen LogP contribution >= 0.6 is 0 Å². The molecular weight excluding hydrogens is 306 g/mol. The fourth-order valence-electron chi connectivity index (χ4n) is 3.47. The molecule has 8 heteroatoms. The normalized spacial score (nSPS) is 28.0. The molecule has 1 unspecified atom stereocenters. The van der Waals surface area contributed by atoms with Gasteiger partial charge in [0.2, 0.25) is 10.0 Å². The van der Waals surface area contributed by atoms with Crippen molar-refractivity contribution >= 4 is 16.1 Å². The fourth-order valence-corrected chi connectivity index (χ4v) is 5.68. The monoisotopic (exact) mass is 333 g/mol. The van der Waals surface area contributed by atoms with Crippen LogP contribution in [0.4, 0.5) is 4.79 Å². The standard InChI is InChI=1S/C14H27N3O4S/c1-5-17-14(11(15)10-22(17,19)20)6-8-16(9-7-14)12(18)21-13(2,3)4/h11H,5-10,15H2,1-4H3. The topological polar surface area (TPSA) is 92.9 Å². The molecule has 2 aliphatic heterocycles. The van der Waals surface area contributed by atoms with E-state index in [-0.39, 0.29) is 11.8 Å². The van der Waals surface area contributed by atoms with Crippen LogP contribution in [0.5, 0.6) is 0 Å². The van der Waals surface area contributed by atoms with Crippen LogP contribution in [0.15, 0.2) is 0 Å². The maximum Gasteiger partial charge on any atom is 0.410 e. The Morgan fingerprint density at radius 3 is 2.32 bits per heavy atom. The van der Waals surface area contributed by atoms with Crippen LogP contribution in [0.2, 0.25) is 0 Å². The molecule has 0 bridgehead atoms. The van der Waals surface area contributed by atoms with Gasteiger partial charge in [-0.1, -0.05) is 6.92 Å². The van der Waals surface area contributed by atoms with Gasteiger partial charge in [0.05, 0.1) is 11.3 Å². The Bertz CT molecular complexity index is 533. The molecule has 1 spiro atoms. The van der Waals surface area contributed by atoms with Crippen LogP contribution < -0.4 is 5.73 Å². The highest BCUT2D eigenvalue weighted by atomic mass is 32.2. The van der Waals surface area contributed by atoms with Crippen molar-refractivity contribution in [3.63, 3.8) is 0 Å². The van der Waals surface area contributed by atoms with Crippen molar-refractivity contribution in [1.29, 1.82) is 0 Å². The minimum Gasteiger partial charge on any atom is -0.444 e. The van der Waals surface area contributed by atoms with Crippen molar-refractivity contribution in [3.05, 3.63) is 0 Å². The van der Waals surface area contributed by atoms with Crippen molar-refractivity contribution in [2.75, 3.05) is 25.4 Å². The van der Waals surface area contributed by atoms with Gasteiger partial charge in [0, 0.05) is 25.7 Å². The first kappa shape index (κ1) is 17.5. The molecule has 0 aromatic carbocycles. The van der Waals surface area contributed by atoms with Crippen molar-refractivity contribution in [3.8, 4) is 0 Å². The SMILES string of the molecule is CCN1C2(CCN(C(=O)OC(C)(C)C)CC2)C(N)CS1(=O)=O. The molecule has 2 aliphatic rings. The summed E-state index contributed by atoms with van der Waals surface area (Å²) in [5, 5.41) is 0. The summed E-state index contributed by atoms with van der Waals surface area (Å²) in [7, 11) is -3.29. The summed E-state index contributed by atoms with van der Waals surface area (Å²) in [5.74, 6) is -0.00667. The lowest BCUT2D eigenvalue weighted by Crippen LogP contribution is -2.60. The summed E-state index contributed by atoms with van der Waals surface area (Å²) in [4.78, 5) is 13.8. The molecule has 0 aromatic heterocycles. The number of carbonyl (C=O) groups excluding carboxylic acids is 1. The van der Waals surface area contributed by atoms with Gasteiger partial charge in [-0.05, 0) is 33.6 Å². The van der Waals surface area contributed by atoms with Crippen molar-refractivity contribution in [1.82, 2.24) is 9.21 Å². The molecule has 2 rings (SSSR count). The smallest absolute Gasteiger partial charge is 0.410 e. The Morgan fingerprint density at radius 1 is 1.32 bits per heavy atom. The van der Waals surface area contributed by atoms with Gasteiger partial charge in [-0.2, -0.15) is 4.31 Å². The first-order valence-electron chi connectivity index (χ1n) is 7.76. The number of likely N-dealkylation sites (N-methyl/N-ethyl adjacent to an activating group) is 1. The summed E-state index contributed by atoms with van der Waals surface area (Å²) in [6.45, 7) is 8.67. The van der Waals surface area contributed by atoms with Gasteiger partial charge in [-0.25, -0.2) is 13.2 Å². The Hall–Kier alpha value is -0.860. The number of rotatable bonds is 1. The molecular formula is C14H27N3O4S. The second kappa shape index (κ2) is 5.65. The Labute approximate surface area is 132 Å². The quantitative estimate of drug-likeness (QED) is 0.764. The van der Waals surface area contributed by atoms with Crippen LogP contribution in [0.25, 0.3) is 0 Å². The highest BCUT2D eigenvalue weighted by Gasteiger charge is 2.55. The first-order valence-corrected chi connectivity index (χ1v) is 9.37. The van der Waals surface area contributed by atoms with Crippen LogP contribution in [0.1, 0.15) is 40.5 Å². The number of piperidine rings is 1. The minimum atomic E-state index is -3.29. The Kier molecular flexibility index (Phi) is 4.49. The number of likely N-dealkylation sites (tertiary alicyclic amines) is 1. The van der Waals surface area contributed by atoms with E-state index in [1.807, 2.05) is 27.7 Å². The van der Waals surface area contributed by atoms with Crippen LogP contribution in [0, 0.1) is 0 Å². The molecule has 7 nitrogen and oxygen atoms in total. The lowest BCUT2D eigenvalue weighted by Gasteiger charge is -2.45. The number of hydrogen-bond acceptors (Lipinski definition) is 5. The third kappa shape index (κ3) is 3.09. The van der Waals surface area contributed by atoms with E-state index in [0.717, 1.165) is 0 Å². The zero-order valence-electron chi connectivity index (χ0n) is 13.8. The van der Waals surface area contributed by atoms with E-state index in [1.165, 1.54) is 4.31 Å². The average Bonchev–Trinajstić information content (AvgIpc) is 2.54. The van der Waals surface area contributed by atoms with E-state index in [1.54, 1.807) is 4.90 Å². The predicted octanol–water partition coefficient (Wildman–Crippen LogP) is 0.749. The second-order valence-electron chi connectivity index (χ2n) is 7.12. The van der Waals surface area contributed by atoms with Gasteiger partial charge in [0.15, 0.2) is 0 Å². The Balaban J connectivity index is 2.09. The molecule has 2 heterocycles. The largest absolute Gasteiger partial charge is 0.444 e. The third-order valence-electron chi connectivity index (χ3n) is 4.48. The molecule has 0 radical (unpaired) electrons. The van der Waals surface area contributed by atoms with E-state index < -0.39 is 27.2 Å². The number of nitrogens with zero attached hydrogens (tertiary/aromatic N) is 2. The number of amides is 1. The van der Waals surface area contributed by atoms with Gasteiger partial charge >= 0.3 is 6.09 Å².